The van der Waals surface area contributed by atoms with Crippen LogP contribution in [0.25, 0.3) is 0 Å². The molecule has 2 heteroatoms. The third kappa shape index (κ3) is 35.0. The minimum atomic E-state index is 0. The minimum absolute atomic E-state index is 0. The smallest absolute Gasteiger partial charge is 0.0919 e. The molecule has 0 fully saturated rings. The fourth-order valence-electron chi connectivity index (χ4n) is 0.215. The van der Waals surface area contributed by atoms with Gasteiger partial charge in [-0.25, -0.2) is 4.98 Å². The Kier molecular flexibility index (Phi) is 24.1. The summed E-state index contributed by atoms with van der Waals surface area (Å²) in [5.41, 5.74) is 0. The number of hydrogen-bond acceptors (Lipinski definition) is 1. The number of H-pyrrole nitrogens is 1. The molecule has 12 heavy (non-hydrogen) atoms. The number of nitrogens with one attached hydrogen (secondary N) is 1. The Morgan fingerprint density at radius 1 is 1.17 bits per heavy atom. The van der Waals surface area contributed by atoms with E-state index in [4.69, 9.17) is 0 Å². The number of aromatic amines is 1. The summed E-state index contributed by atoms with van der Waals surface area (Å²) in [7, 11) is 0. The molecule has 0 amide bonds. The van der Waals surface area contributed by atoms with Crippen LogP contribution in [0.5, 0.6) is 0 Å². The molecule has 1 heterocycles. The molecule has 1 aromatic rings. The first-order chi connectivity index (χ1) is 5.23. The Hall–Kier alpha value is -0.790. The van der Waals surface area contributed by atoms with Gasteiger partial charge in [0.05, 0.1) is 6.33 Å². The summed E-state index contributed by atoms with van der Waals surface area (Å²) in [4.78, 5) is 6.42. The number of rotatable bonds is 0. The monoisotopic (exact) mass is 172 g/mol. The molecule has 74 valence electrons. The molecule has 0 saturated heterocycles. The van der Waals surface area contributed by atoms with Crippen LogP contribution in [0, 0.1) is 5.92 Å². The summed E-state index contributed by atoms with van der Waals surface area (Å²) in [6.07, 6.45) is 5.08. The normalized spacial score (nSPS) is 6.83. The molecule has 0 aromatic carbocycles. The summed E-state index contributed by atoms with van der Waals surface area (Å²) in [5.74, 6) is 0.833. The van der Waals surface area contributed by atoms with Gasteiger partial charge in [0.25, 0.3) is 0 Å². The molecule has 0 bridgehead atoms. The van der Waals surface area contributed by atoms with Gasteiger partial charge >= 0.3 is 0 Å². The first-order valence-corrected chi connectivity index (χ1v) is 4.16. The largest absolute Gasteiger partial charge is 0.351 e. The van der Waals surface area contributed by atoms with E-state index in [-0.39, 0.29) is 7.43 Å². The first kappa shape index (κ1) is 17.3. The summed E-state index contributed by atoms with van der Waals surface area (Å²) in [6, 6.07) is 0. The summed E-state index contributed by atoms with van der Waals surface area (Å²) in [5, 5.41) is 0. The van der Waals surface area contributed by atoms with Gasteiger partial charge in [-0.05, 0) is 5.92 Å². The lowest BCUT2D eigenvalue weighted by Crippen LogP contribution is -1.66. The predicted molar refractivity (Wildman–Crippen MR) is 57.2 cm³/mol. The molecule has 0 aliphatic carbocycles. The van der Waals surface area contributed by atoms with Crippen molar-refractivity contribution in [2.24, 2.45) is 5.92 Å². The van der Waals surface area contributed by atoms with Crippen LogP contribution in [0.4, 0.5) is 0 Å². The number of aromatic nitrogens is 2. The molecule has 0 spiro atoms. The molecule has 0 aliphatic rings. The Morgan fingerprint density at radius 3 is 1.67 bits per heavy atom. The zero-order valence-corrected chi connectivity index (χ0v) is 8.26. The molecule has 0 saturated carbocycles. The van der Waals surface area contributed by atoms with Crippen molar-refractivity contribution in [2.45, 2.75) is 42.0 Å². The van der Waals surface area contributed by atoms with Gasteiger partial charge in [0, 0.05) is 12.4 Å². The van der Waals surface area contributed by atoms with Crippen LogP contribution in [-0.2, 0) is 0 Å². The van der Waals surface area contributed by atoms with E-state index >= 15 is 0 Å². The van der Waals surface area contributed by atoms with Gasteiger partial charge < -0.3 is 4.98 Å². The SMILES string of the molecule is C.CC.CC(C)C.c1c[nH]cn1. The van der Waals surface area contributed by atoms with Crippen LogP contribution in [-0.4, -0.2) is 9.97 Å². The Bertz CT molecular complexity index is 91.4. The molecule has 2 nitrogen and oxygen atoms in total. The van der Waals surface area contributed by atoms with Crippen LogP contribution < -0.4 is 0 Å². The number of imidazole rings is 1. The number of nitrogens with zero attached hydrogens (tertiary/aromatic N) is 1. The fraction of sp³-hybridized carbons (Fsp3) is 0.700. The molecule has 0 aliphatic heterocycles. The first-order valence-electron chi connectivity index (χ1n) is 4.16. The van der Waals surface area contributed by atoms with E-state index in [1.165, 1.54) is 0 Å². The van der Waals surface area contributed by atoms with Gasteiger partial charge in [-0.1, -0.05) is 42.0 Å². The molecular formula is C10H24N2. The van der Waals surface area contributed by atoms with Gasteiger partial charge in [-0.2, -0.15) is 0 Å². The van der Waals surface area contributed by atoms with Gasteiger partial charge in [0.2, 0.25) is 0 Å². The average molecular weight is 172 g/mol. The van der Waals surface area contributed by atoms with Crippen molar-refractivity contribution in [3.05, 3.63) is 18.7 Å². The standard InChI is InChI=1S/C4H10.C3H4N2.C2H6.CH4/c1-4(2)3;1-2-5-3-4-1;1-2;/h4H,1-3H3;1-3H,(H,4,5);1-2H3;1H4. The zero-order chi connectivity index (χ0) is 9.11. The maximum atomic E-state index is 3.67. The molecule has 1 aromatic heterocycles. The lowest BCUT2D eigenvalue weighted by atomic mass is 10.3. The van der Waals surface area contributed by atoms with Gasteiger partial charge in [-0.15, -0.1) is 0 Å². The van der Waals surface area contributed by atoms with Gasteiger partial charge in [0.1, 0.15) is 0 Å². The topological polar surface area (TPSA) is 28.7 Å². The van der Waals surface area contributed by atoms with Gasteiger partial charge in [-0.3, -0.25) is 0 Å². The van der Waals surface area contributed by atoms with Crippen LogP contribution in [0.1, 0.15) is 42.0 Å². The Balaban J connectivity index is -0.000000107. The molecule has 0 unspecified atom stereocenters. The maximum absolute atomic E-state index is 3.67. The van der Waals surface area contributed by atoms with Crippen LogP contribution in [0.3, 0.4) is 0 Å². The Morgan fingerprint density at radius 2 is 1.58 bits per heavy atom. The highest BCUT2D eigenvalue weighted by atomic mass is 14.8. The molecule has 1 rings (SSSR count). The molecule has 0 atom stereocenters. The van der Waals surface area contributed by atoms with Crippen molar-refractivity contribution in [3.63, 3.8) is 0 Å². The van der Waals surface area contributed by atoms with Crippen LogP contribution in [0.15, 0.2) is 18.7 Å². The Labute approximate surface area is 77.4 Å². The average Bonchev–Trinajstić information content (AvgIpc) is 2.44. The van der Waals surface area contributed by atoms with Crippen LogP contribution >= 0.6 is 0 Å². The third-order valence-electron chi connectivity index (χ3n) is 0.406. The second-order valence-electron chi connectivity index (χ2n) is 2.49. The quantitative estimate of drug-likeness (QED) is 0.634. The van der Waals surface area contributed by atoms with Crippen molar-refractivity contribution in [1.82, 2.24) is 9.97 Å². The molecule has 0 radical (unpaired) electrons. The van der Waals surface area contributed by atoms with Crippen molar-refractivity contribution in [2.75, 3.05) is 0 Å². The number of hydrogen-bond donors (Lipinski definition) is 1. The fourth-order valence-corrected chi connectivity index (χ4v) is 0.215. The van der Waals surface area contributed by atoms with E-state index in [0.717, 1.165) is 5.92 Å². The highest BCUT2D eigenvalue weighted by Crippen LogP contribution is 1.81. The summed E-state index contributed by atoms with van der Waals surface area (Å²) < 4.78 is 0. The highest BCUT2D eigenvalue weighted by molar-refractivity contribution is 4.64. The zero-order valence-electron chi connectivity index (χ0n) is 8.26. The van der Waals surface area contributed by atoms with Crippen molar-refractivity contribution in [1.29, 1.82) is 0 Å². The lowest BCUT2D eigenvalue weighted by Gasteiger charge is -1.79. The van der Waals surface area contributed by atoms with E-state index in [9.17, 15) is 0 Å². The minimum Gasteiger partial charge on any atom is -0.351 e. The molecule has 1 N–H and O–H groups in total. The van der Waals surface area contributed by atoms with E-state index in [1.54, 1.807) is 18.7 Å². The third-order valence-corrected chi connectivity index (χ3v) is 0.406. The predicted octanol–water partition coefficient (Wildman–Crippen LogP) is 3.73. The second kappa shape index (κ2) is 16.7. The van der Waals surface area contributed by atoms with Crippen molar-refractivity contribution >= 4 is 0 Å². The summed E-state index contributed by atoms with van der Waals surface area (Å²) in [6.45, 7) is 10.5. The van der Waals surface area contributed by atoms with Crippen LogP contribution in [0.2, 0.25) is 0 Å². The van der Waals surface area contributed by atoms with Gasteiger partial charge in [0.15, 0.2) is 0 Å². The van der Waals surface area contributed by atoms with Crippen molar-refractivity contribution in [3.8, 4) is 0 Å². The lowest BCUT2D eigenvalue weighted by molar-refractivity contribution is 0.737. The van der Waals surface area contributed by atoms with E-state index in [2.05, 4.69) is 30.7 Å². The van der Waals surface area contributed by atoms with E-state index < -0.39 is 0 Å². The molecular weight excluding hydrogens is 148 g/mol. The highest BCUT2D eigenvalue weighted by Gasteiger charge is 1.68. The second-order valence-corrected chi connectivity index (χ2v) is 2.49. The maximum Gasteiger partial charge on any atom is 0.0919 e. The van der Waals surface area contributed by atoms with E-state index in [1.807, 2.05) is 13.8 Å². The summed E-state index contributed by atoms with van der Waals surface area (Å²) >= 11 is 0. The van der Waals surface area contributed by atoms with Crippen molar-refractivity contribution < 1.29 is 0 Å². The van der Waals surface area contributed by atoms with E-state index in [0.29, 0.717) is 0 Å².